The highest BCUT2D eigenvalue weighted by Crippen LogP contribution is 2.18. The van der Waals surface area contributed by atoms with Crippen LogP contribution in [0.1, 0.15) is 50.0 Å². The van der Waals surface area contributed by atoms with E-state index < -0.39 is 10.0 Å². The summed E-state index contributed by atoms with van der Waals surface area (Å²) in [7, 11) is -3.81. The minimum absolute atomic E-state index is 0.0410. The average Bonchev–Trinajstić information content (AvgIpc) is 2.35. The smallest absolute Gasteiger partial charge is 0.251 e. The van der Waals surface area contributed by atoms with E-state index in [1.165, 1.54) is 12.1 Å². The molecule has 0 unspecified atom stereocenters. The minimum atomic E-state index is -3.81. The molecule has 1 amide bonds. The predicted molar refractivity (Wildman–Crippen MR) is 83.6 cm³/mol. The van der Waals surface area contributed by atoms with Gasteiger partial charge in [-0.05, 0) is 36.0 Å². The van der Waals surface area contributed by atoms with Crippen LogP contribution in [-0.2, 0) is 16.4 Å². The molecular formula is C15H24N2O3S. The van der Waals surface area contributed by atoms with Gasteiger partial charge in [0.15, 0.2) is 0 Å². The van der Waals surface area contributed by atoms with Gasteiger partial charge in [-0.1, -0.05) is 33.8 Å². The fraction of sp³-hybridized carbons (Fsp3) is 0.533. The first-order valence-corrected chi connectivity index (χ1v) is 8.53. The Bertz CT molecular complexity index is 616. The summed E-state index contributed by atoms with van der Waals surface area (Å²) in [5, 5.41) is 7.95. The normalized spacial score (nSPS) is 12.2. The molecule has 1 rings (SSSR count). The van der Waals surface area contributed by atoms with Gasteiger partial charge in [0, 0.05) is 12.1 Å². The van der Waals surface area contributed by atoms with Crippen molar-refractivity contribution in [2.75, 3.05) is 6.54 Å². The molecule has 0 bridgehead atoms. The van der Waals surface area contributed by atoms with Crippen molar-refractivity contribution < 1.29 is 13.2 Å². The minimum Gasteiger partial charge on any atom is -0.352 e. The number of primary sulfonamides is 1. The van der Waals surface area contributed by atoms with Crippen LogP contribution in [0.2, 0.25) is 0 Å². The number of benzene rings is 1. The van der Waals surface area contributed by atoms with Crippen molar-refractivity contribution in [3.8, 4) is 0 Å². The van der Waals surface area contributed by atoms with Gasteiger partial charge in [0.25, 0.3) is 5.91 Å². The number of carbonyl (C=O) groups excluding carboxylic acids is 1. The summed E-state index contributed by atoms with van der Waals surface area (Å²) in [6.45, 7) is 8.75. The predicted octanol–water partition coefficient (Wildman–Crippen LogP) is 2.06. The van der Waals surface area contributed by atoms with Gasteiger partial charge in [-0.3, -0.25) is 4.79 Å². The second-order valence-corrected chi connectivity index (χ2v) is 7.85. The summed E-state index contributed by atoms with van der Waals surface area (Å²) >= 11 is 0. The SMILES string of the molecule is CCc1ccc(S(N)(=O)=O)cc1C(=O)NCCC(C)(C)C. The largest absolute Gasteiger partial charge is 0.352 e. The molecule has 21 heavy (non-hydrogen) atoms. The molecule has 3 N–H and O–H groups in total. The third-order valence-electron chi connectivity index (χ3n) is 3.20. The summed E-state index contributed by atoms with van der Waals surface area (Å²) in [5.41, 5.74) is 1.30. The number of hydrogen-bond acceptors (Lipinski definition) is 3. The Morgan fingerprint density at radius 3 is 2.38 bits per heavy atom. The Morgan fingerprint density at radius 1 is 1.29 bits per heavy atom. The molecule has 0 spiro atoms. The van der Waals surface area contributed by atoms with E-state index in [1.54, 1.807) is 6.07 Å². The Labute approximate surface area is 127 Å². The van der Waals surface area contributed by atoms with Gasteiger partial charge in [-0.25, -0.2) is 13.6 Å². The maximum atomic E-state index is 12.2. The molecule has 0 aromatic heterocycles. The summed E-state index contributed by atoms with van der Waals surface area (Å²) < 4.78 is 22.8. The van der Waals surface area contributed by atoms with Crippen LogP contribution in [0.25, 0.3) is 0 Å². The van der Waals surface area contributed by atoms with Crippen molar-refractivity contribution in [3.63, 3.8) is 0 Å². The molecule has 6 heteroatoms. The lowest BCUT2D eigenvalue weighted by Gasteiger charge is -2.18. The number of amides is 1. The highest BCUT2D eigenvalue weighted by Gasteiger charge is 2.16. The molecular weight excluding hydrogens is 288 g/mol. The highest BCUT2D eigenvalue weighted by atomic mass is 32.2. The molecule has 0 atom stereocenters. The third kappa shape index (κ3) is 5.47. The fourth-order valence-corrected chi connectivity index (χ4v) is 2.44. The van der Waals surface area contributed by atoms with Gasteiger partial charge in [-0.2, -0.15) is 0 Å². The third-order valence-corrected chi connectivity index (χ3v) is 4.11. The first kappa shape index (κ1) is 17.7. The number of rotatable bonds is 5. The van der Waals surface area contributed by atoms with E-state index in [2.05, 4.69) is 26.1 Å². The van der Waals surface area contributed by atoms with Gasteiger partial charge in [-0.15, -0.1) is 0 Å². The molecule has 0 aliphatic rings. The van der Waals surface area contributed by atoms with Crippen LogP contribution in [0.15, 0.2) is 23.1 Å². The van der Waals surface area contributed by atoms with Crippen molar-refractivity contribution in [3.05, 3.63) is 29.3 Å². The molecule has 0 radical (unpaired) electrons. The van der Waals surface area contributed by atoms with Crippen LogP contribution in [-0.4, -0.2) is 20.9 Å². The fourth-order valence-electron chi connectivity index (χ4n) is 1.90. The molecule has 1 aromatic carbocycles. The number of nitrogens with one attached hydrogen (secondary N) is 1. The zero-order valence-corrected chi connectivity index (χ0v) is 13.9. The highest BCUT2D eigenvalue weighted by molar-refractivity contribution is 7.89. The maximum Gasteiger partial charge on any atom is 0.251 e. The molecule has 1 aromatic rings. The Kier molecular flexibility index (Phi) is 5.53. The summed E-state index contributed by atoms with van der Waals surface area (Å²) in [6.07, 6.45) is 1.49. The van der Waals surface area contributed by atoms with Gasteiger partial charge < -0.3 is 5.32 Å². The van der Waals surface area contributed by atoms with Crippen LogP contribution in [0.3, 0.4) is 0 Å². The van der Waals surface area contributed by atoms with E-state index in [1.807, 2.05) is 6.92 Å². The quantitative estimate of drug-likeness (QED) is 0.872. The van der Waals surface area contributed by atoms with Gasteiger partial charge in [0.05, 0.1) is 4.90 Å². The molecule has 0 aliphatic heterocycles. The van der Waals surface area contributed by atoms with E-state index in [0.29, 0.717) is 18.5 Å². The summed E-state index contributed by atoms with van der Waals surface area (Å²) in [6, 6.07) is 4.42. The van der Waals surface area contributed by atoms with Crippen molar-refractivity contribution in [1.29, 1.82) is 0 Å². The second kappa shape index (κ2) is 6.58. The Morgan fingerprint density at radius 2 is 1.90 bits per heavy atom. The Balaban J connectivity index is 2.96. The van der Waals surface area contributed by atoms with Crippen LogP contribution in [0.5, 0.6) is 0 Å². The zero-order valence-electron chi connectivity index (χ0n) is 13.1. The summed E-state index contributed by atoms with van der Waals surface area (Å²) in [4.78, 5) is 12.2. The molecule has 0 saturated carbocycles. The molecule has 118 valence electrons. The van der Waals surface area contributed by atoms with Crippen molar-refractivity contribution in [2.45, 2.75) is 45.4 Å². The molecule has 0 saturated heterocycles. The molecule has 0 fully saturated rings. The van der Waals surface area contributed by atoms with Gasteiger partial charge in [0.2, 0.25) is 10.0 Å². The number of nitrogens with two attached hydrogens (primary N) is 1. The van der Waals surface area contributed by atoms with Crippen molar-refractivity contribution >= 4 is 15.9 Å². The second-order valence-electron chi connectivity index (χ2n) is 6.28. The number of carbonyl (C=O) groups is 1. The summed E-state index contributed by atoms with van der Waals surface area (Å²) in [5.74, 6) is -0.262. The molecule has 0 aliphatic carbocycles. The number of hydrogen-bond donors (Lipinski definition) is 2. The van der Waals surface area contributed by atoms with Gasteiger partial charge in [0.1, 0.15) is 0 Å². The van der Waals surface area contributed by atoms with Crippen LogP contribution in [0.4, 0.5) is 0 Å². The Hall–Kier alpha value is -1.40. The van der Waals surface area contributed by atoms with Crippen LogP contribution in [0, 0.1) is 5.41 Å². The number of sulfonamides is 1. The zero-order chi connectivity index (χ0) is 16.3. The monoisotopic (exact) mass is 312 g/mol. The number of aryl methyl sites for hydroxylation is 1. The topological polar surface area (TPSA) is 89.3 Å². The van der Waals surface area contributed by atoms with E-state index in [-0.39, 0.29) is 16.2 Å². The standard InChI is InChI=1S/C15H24N2O3S/c1-5-11-6-7-12(21(16,19)20)10-13(11)14(18)17-9-8-15(2,3)4/h6-7,10H,5,8-9H2,1-4H3,(H,17,18)(H2,16,19,20). The first-order valence-electron chi connectivity index (χ1n) is 6.98. The molecule has 0 heterocycles. The maximum absolute atomic E-state index is 12.2. The van der Waals surface area contributed by atoms with Gasteiger partial charge >= 0.3 is 0 Å². The van der Waals surface area contributed by atoms with Crippen molar-refractivity contribution in [1.82, 2.24) is 5.32 Å². The van der Waals surface area contributed by atoms with E-state index in [9.17, 15) is 13.2 Å². The lowest BCUT2D eigenvalue weighted by molar-refractivity contribution is 0.0948. The van der Waals surface area contributed by atoms with E-state index in [0.717, 1.165) is 12.0 Å². The van der Waals surface area contributed by atoms with E-state index in [4.69, 9.17) is 5.14 Å². The average molecular weight is 312 g/mol. The van der Waals surface area contributed by atoms with E-state index >= 15 is 0 Å². The van der Waals surface area contributed by atoms with Crippen molar-refractivity contribution in [2.24, 2.45) is 10.6 Å². The first-order chi connectivity index (χ1) is 9.54. The van der Waals surface area contributed by atoms with Crippen LogP contribution < -0.4 is 10.5 Å². The van der Waals surface area contributed by atoms with Crippen LogP contribution >= 0.6 is 0 Å². The lowest BCUT2D eigenvalue weighted by atomic mass is 9.92. The lowest BCUT2D eigenvalue weighted by Crippen LogP contribution is -2.28. The molecule has 5 nitrogen and oxygen atoms in total.